The molecule has 0 atom stereocenters. The van der Waals surface area contributed by atoms with E-state index in [9.17, 15) is 9.59 Å². The van der Waals surface area contributed by atoms with Crippen LogP contribution in [0, 0.1) is 0 Å². The van der Waals surface area contributed by atoms with Crippen LogP contribution in [-0.4, -0.2) is 24.2 Å². The summed E-state index contributed by atoms with van der Waals surface area (Å²) in [5, 5.41) is 9.07. The Balaban J connectivity index is 2.79. The van der Waals surface area contributed by atoms with Gasteiger partial charge in [-0.25, -0.2) is 4.79 Å². The van der Waals surface area contributed by atoms with Gasteiger partial charge in [0.25, 0.3) is 0 Å². The first kappa shape index (κ1) is 13.3. The number of methoxy groups -OCH3 is 1. The van der Waals surface area contributed by atoms with Crippen LogP contribution in [-0.2, 0) is 9.53 Å². The van der Waals surface area contributed by atoms with Gasteiger partial charge in [-0.15, -0.1) is 0 Å². The lowest BCUT2D eigenvalue weighted by Crippen LogP contribution is -1.97. The molecule has 0 amide bonds. The van der Waals surface area contributed by atoms with Crippen molar-refractivity contribution in [1.82, 2.24) is 0 Å². The van der Waals surface area contributed by atoms with Gasteiger partial charge in [0.15, 0.2) is 0 Å². The molecule has 1 rings (SSSR count). The summed E-state index contributed by atoms with van der Waals surface area (Å²) >= 11 is 5.89. The molecule has 17 heavy (non-hydrogen) atoms. The number of carbonyl (C=O) groups excluding carboxylic acids is 1. The van der Waals surface area contributed by atoms with Crippen molar-refractivity contribution in [1.29, 1.82) is 0 Å². The van der Waals surface area contributed by atoms with E-state index < -0.39 is 5.97 Å². The molecule has 0 aliphatic heterocycles. The summed E-state index contributed by atoms with van der Waals surface area (Å²) in [6.45, 7) is 0. The third-order valence-electron chi connectivity index (χ3n) is 2.06. The highest BCUT2D eigenvalue weighted by Gasteiger charge is 2.05. The number of rotatable bonds is 4. The number of benzene rings is 1. The minimum Gasteiger partial charge on any atom is -0.478 e. The molecule has 4 nitrogen and oxygen atoms in total. The number of carboxylic acids is 1. The Labute approximate surface area is 103 Å². The summed E-state index contributed by atoms with van der Waals surface area (Å²) in [7, 11) is 1.31. The maximum Gasteiger partial charge on any atom is 0.335 e. The normalized spacial score (nSPS) is 10.5. The van der Waals surface area contributed by atoms with Gasteiger partial charge in [-0.3, -0.25) is 4.79 Å². The lowest BCUT2D eigenvalue weighted by molar-refractivity contribution is -0.139. The van der Waals surface area contributed by atoms with Crippen molar-refractivity contribution in [2.45, 2.75) is 6.42 Å². The summed E-state index contributed by atoms with van der Waals surface area (Å²) in [6.07, 6.45) is 3.39. The zero-order valence-corrected chi connectivity index (χ0v) is 9.90. The summed E-state index contributed by atoms with van der Waals surface area (Å²) in [6, 6.07) is 4.40. The summed E-state index contributed by atoms with van der Waals surface area (Å²) in [5.74, 6) is -1.38. The molecule has 0 saturated heterocycles. The van der Waals surface area contributed by atoms with E-state index in [2.05, 4.69) is 4.74 Å². The van der Waals surface area contributed by atoms with Crippen molar-refractivity contribution in [3.63, 3.8) is 0 Å². The van der Waals surface area contributed by atoms with E-state index in [1.807, 2.05) is 0 Å². The number of halogens is 1. The molecule has 1 N–H and O–H groups in total. The third kappa shape index (κ3) is 3.92. The Kier molecular flexibility index (Phi) is 4.72. The van der Waals surface area contributed by atoms with Crippen LogP contribution in [0.15, 0.2) is 24.3 Å². The second-order valence-electron chi connectivity index (χ2n) is 3.22. The van der Waals surface area contributed by atoms with Gasteiger partial charge >= 0.3 is 11.9 Å². The topological polar surface area (TPSA) is 63.6 Å². The van der Waals surface area contributed by atoms with E-state index >= 15 is 0 Å². The van der Waals surface area contributed by atoms with E-state index in [1.165, 1.54) is 19.2 Å². The van der Waals surface area contributed by atoms with Crippen LogP contribution >= 0.6 is 11.6 Å². The average molecular weight is 255 g/mol. The smallest absolute Gasteiger partial charge is 0.335 e. The minimum atomic E-state index is -1.03. The zero-order valence-electron chi connectivity index (χ0n) is 9.14. The van der Waals surface area contributed by atoms with Crippen LogP contribution < -0.4 is 0 Å². The number of hydrogen-bond donors (Lipinski definition) is 1. The molecule has 0 spiro atoms. The van der Waals surface area contributed by atoms with E-state index in [0.29, 0.717) is 10.6 Å². The fourth-order valence-corrected chi connectivity index (χ4v) is 1.40. The van der Waals surface area contributed by atoms with E-state index in [-0.39, 0.29) is 18.0 Å². The van der Waals surface area contributed by atoms with E-state index in [4.69, 9.17) is 16.7 Å². The maximum atomic E-state index is 10.8. The van der Waals surface area contributed by atoms with Gasteiger partial charge in [-0.2, -0.15) is 0 Å². The third-order valence-corrected chi connectivity index (χ3v) is 2.38. The monoisotopic (exact) mass is 254 g/mol. The Bertz CT molecular complexity index is 466. The predicted octanol–water partition coefficient (Wildman–Crippen LogP) is 2.61. The van der Waals surface area contributed by atoms with Crippen molar-refractivity contribution in [3.8, 4) is 0 Å². The number of ether oxygens (including phenoxy) is 1. The van der Waals surface area contributed by atoms with Crippen molar-refractivity contribution < 1.29 is 19.4 Å². The standard InChI is InChI=1S/C12H11ClO4/c1-17-11(14)4-2-3-8-5-6-9(12(15)16)7-10(8)13/h2-3,5-7H,4H2,1H3,(H,15,16). The summed E-state index contributed by atoms with van der Waals surface area (Å²) < 4.78 is 4.47. The molecule has 1 aromatic carbocycles. The molecular formula is C12H11ClO4. The molecule has 0 heterocycles. The van der Waals surface area contributed by atoms with Gasteiger partial charge in [0.2, 0.25) is 0 Å². The summed E-state index contributed by atoms with van der Waals surface area (Å²) in [4.78, 5) is 21.5. The molecule has 90 valence electrons. The highest BCUT2D eigenvalue weighted by Crippen LogP contribution is 2.19. The maximum absolute atomic E-state index is 10.8. The van der Waals surface area contributed by atoms with Crippen LogP contribution in [0.5, 0.6) is 0 Å². The Morgan fingerprint density at radius 2 is 2.18 bits per heavy atom. The lowest BCUT2D eigenvalue weighted by atomic mass is 10.1. The largest absolute Gasteiger partial charge is 0.478 e. The fourth-order valence-electron chi connectivity index (χ4n) is 1.16. The molecule has 0 bridgehead atoms. The number of carbonyl (C=O) groups is 2. The van der Waals surface area contributed by atoms with Crippen molar-refractivity contribution >= 4 is 29.6 Å². The number of aromatic carboxylic acids is 1. The second kappa shape index (κ2) is 6.06. The fraction of sp³-hybridized carbons (Fsp3) is 0.167. The predicted molar refractivity (Wildman–Crippen MR) is 64.1 cm³/mol. The molecule has 0 saturated carbocycles. The molecular weight excluding hydrogens is 244 g/mol. The van der Waals surface area contributed by atoms with Crippen molar-refractivity contribution in [2.24, 2.45) is 0 Å². The molecule has 0 fully saturated rings. The molecule has 0 unspecified atom stereocenters. The Morgan fingerprint density at radius 1 is 1.47 bits per heavy atom. The quantitative estimate of drug-likeness (QED) is 0.839. The first-order valence-electron chi connectivity index (χ1n) is 4.81. The van der Waals surface area contributed by atoms with Gasteiger partial charge < -0.3 is 9.84 Å². The first-order chi connectivity index (χ1) is 8.04. The SMILES string of the molecule is COC(=O)CC=Cc1ccc(C(=O)O)cc1Cl. The Morgan fingerprint density at radius 3 is 2.71 bits per heavy atom. The van der Waals surface area contributed by atoms with Crippen LogP contribution in [0.3, 0.4) is 0 Å². The number of esters is 1. The second-order valence-corrected chi connectivity index (χ2v) is 3.63. The van der Waals surface area contributed by atoms with Crippen LogP contribution in [0.2, 0.25) is 5.02 Å². The van der Waals surface area contributed by atoms with E-state index in [1.54, 1.807) is 18.2 Å². The van der Waals surface area contributed by atoms with Crippen molar-refractivity contribution in [3.05, 3.63) is 40.4 Å². The van der Waals surface area contributed by atoms with Crippen LogP contribution in [0.25, 0.3) is 6.08 Å². The number of carboxylic acid groups (broad SMARTS) is 1. The molecule has 1 aromatic rings. The van der Waals surface area contributed by atoms with Crippen LogP contribution in [0.1, 0.15) is 22.3 Å². The minimum absolute atomic E-state index is 0.125. The van der Waals surface area contributed by atoms with Gasteiger partial charge in [0, 0.05) is 5.02 Å². The molecule has 0 aliphatic carbocycles. The van der Waals surface area contributed by atoms with Crippen LogP contribution in [0.4, 0.5) is 0 Å². The van der Waals surface area contributed by atoms with Gasteiger partial charge in [-0.1, -0.05) is 29.8 Å². The molecule has 0 aliphatic rings. The van der Waals surface area contributed by atoms with Gasteiger partial charge in [-0.05, 0) is 17.7 Å². The Hall–Kier alpha value is -1.81. The van der Waals surface area contributed by atoms with Crippen molar-refractivity contribution in [2.75, 3.05) is 7.11 Å². The summed E-state index contributed by atoms with van der Waals surface area (Å²) in [5.41, 5.74) is 0.778. The zero-order chi connectivity index (χ0) is 12.8. The average Bonchev–Trinajstić information content (AvgIpc) is 2.30. The van der Waals surface area contributed by atoms with Gasteiger partial charge in [0.1, 0.15) is 0 Å². The molecule has 5 heteroatoms. The highest BCUT2D eigenvalue weighted by molar-refractivity contribution is 6.32. The number of hydrogen-bond acceptors (Lipinski definition) is 3. The highest BCUT2D eigenvalue weighted by atomic mass is 35.5. The lowest BCUT2D eigenvalue weighted by Gasteiger charge is -2.00. The first-order valence-corrected chi connectivity index (χ1v) is 5.18. The molecule has 0 aromatic heterocycles. The van der Waals surface area contributed by atoms with Gasteiger partial charge in [0.05, 0.1) is 19.1 Å². The van der Waals surface area contributed by atoms with E-state index in [0.717, 1.165) is 0 Å². The molecule has 0 radical (unpaired) electrons.